The quantitative estimate of drug-likeness (QED) is 0.357. The van der Waals surface area contributed by atoms with Gasteiger partial charge in [0, 0.05) is 0 Å². The van der Waals surface area contributed by atoms with Gasteiger partial charge in [0.2, 0.25) is 20.2 Å². The largest absolute Gasteiger partial charge is 0.490 e. The molecule has 0 aliphatic carbocycles. The molecule has 2 aliphatic heterocycles. The van der Waals surface area contributed by atoms with Crippen LogP contribution in [0.15, 0.2) is 33.2 Å². The van der Waals surface area contributed by atoms with Gasteiger partial charge in [-0.15, -0.1) is 0 Å². The van der Waals surface area contributed by atoms with Crippen molar-refractivity contribution in [2.45, 2.75) is 13.8 Å². The van der Waals surface area contributed by atoms with Crippen molar-refractivity contribution < 1.29 is 30.6 Å². The summed E-state index contributed by atoms with van der Waals surface area (Å²) in [5, 5.41) is 8.03. The summed E-state index contributed by atoms with van der Waals surface area (Å²) in [6.07, 6.45) is 2.23. The third-order valence-corrected chi connectivity index (χ3v) is 6.86. The lowest BCUT2D eigenvalue weighted by molar-refractivity contribution is -0.114. The van der Waals surface area contributed by atoms with E-state index >= 15 is 0 Å². The van der Waals surface area contributed by atoms with Crippen LogP contribution in [0.1, 0.15) is 19.4 Å². The van der Waals surface area contributed by atoms with Crippen LogP contribution < -0.4 is 8.92 Å². The molecule has 11 nitrogen and oxygen atoms in total. The summed E-state index contributed by atoms with van der Waals surface area (Å²) in [6.45, 7) is 3.37. The number of ether oxygens (including phenoxy) is 1. The Morgan fingerprint density at radius 2 is 1.90 bits per heavy atom. The van der Waals surface area contributed by atoms with Crippen LogP contribution in [0.3, 0.4) is 0 Å². The second-order valence-electron chi connectivity index (χ2n) is 6.24. The standard InChI is InChI=1S/C17H18N4O7S3/c1-4-27-13-9-10(6-7-12(13)28-30(3,23)24)8-11-14(18)21-16(19-15(11)22)29-20-17(21)31(25,26)5-2/h6-9,18H,4-5H2,1-3H3/b11-8-,18-14?. The number of amidine groups is 3. The van der Waals surface area contributed by atoms with E-state index in [4.69, 9.17) is 14.3 Å². The van der Waals surface area contributed by atoms with Crippen molar-refractivity contribution in [3.05, 3.63) is 29.3 Å². The highest BCUT2D eigenvalue weighted by molar-refractivity contribution is 8.16. The van der Waals surface area contributed by atoms with Gasteiger partial charge in [-0.3, -0.25) is 10.2 Å². The fraction of sp³-hybridized carbons (Fsp3) is 0.294. The van der Waals surface area contributed by atoms with Crippen LogP contribution in [0.5, 0.6) is 11.5 Å². The first-order valence-corrected chi connectivity index (χ1v) is 13.1. The summed E-state index contributed by atoms with van der Waals surface area (Å²) < 4.78 is 61.6. The number of hydrogen-bond donors (Lipinski definition) is 1. The maximum Gasteiger partial charge on any atom is 0.306 e. The van der Waals surface area contributed by atoms with Gasteiger partial charge in [0.15, 0.2) is 11.5 Å². The zero-order valence-electron chi connectivity index (χ0n) is 16.6. The van der Waals surface area contributed by atoms with Gasteiger partial charge in [-0.2, -0.15) is 17.8 Å². The highest BCUT2D eigenvalue weighted by Crippen LogP contribution is 2.33. The fourth-order valence-electron chi connectivity index (χ4n) is 2.61. The van der Waals surface area contributed by atoms with Crippen molar-refractivity contribution in [2.75, 3.05) is 18.6 Å². The Morgan fingerprint density at radius 3 is 2.52 bits per heavy atom. The Morgan fingerprint density at radius 1 is 1.19 bits per heavy atom. The van der Waals surface area contributed by atoms with E-state index < -0.39 is 25.9 Å². The van der Waals surface area contributed by atoms with Crippen LogP contribution >= 0.6 is 11.9 Å². The number of nitrogens with zero attached hydrogens (tertiary/aromatic N) is 3. The van der Waals surface area contributed by atoms with Crippen molar-refractivity contribution in [1.82, 2.24) is 4.90 Å². The minimum atomic E-state index is -3.79. The molecule has 2 aliphatic rings. The summed E-state index contributed by atoms with van der Waals surface area (Å²) >= 11 is 0.711. The first-order chi connectivity index (χ1) is 14.5. The number of fused-ring (bicyclic) bond motifs is 1. The molecule has 31 heavy (non-hydrogen) atoms. The fourth-order valence-corrected chi connectivity index (χ4v) is 5.04. The molecule has 1 N–H and O–H groups in total. The molecule has 0 aromatic heterocycles. The predicted molar refractivity (Wildman–Crippen MR) is 118 cm³/mol. The normalized spacial score (nSPS) is 18.0. The molecule has 0 radical (unpaired) electrons. The Balaban J connectivity index is 2.02. The average Bonchev–Trinajstić information content (AvgIpc) is 3.11. The number of carbonyl (C=O) groups excluding carboxylic acids is 1. The minimum absolute atomic E-state index is 0.00826. The van der Waals surface area contributed by atoms with E-state index in [1.165, 1.54) is 31.2 Å². The van der Waals surface area contributed by atoms with Gasteiger partial charge >= 0.3 is 10.1 Å². The molecule has 0 saturated heterocycles. The second-order valence-corrected chi connectivity index (χ2v) is 10.7. The van der Waals surface area contributed by atoms with E-state index in [0.29, 0.717) is 17.5 Å². The molecule has 14 heteroatoms. The smallest absolute Gasteiger partial charge is 0.306 e. The molecule has 0 spiro atoms. The van der Waals surface area contributed by atoms with Crippen LogP contribution in [0.25, 0.3) is 6.08 Å². The second kappa shape index (κ2) is 8.43. The van der Waals surface area contributed by atoms with Crippen molar-refractivity contribution in [3.8, 4) is 11.5 Å². The van der Waals surface area contributed by atoms with Crippen LogP contribution in [-0.2, 0) is 24.7 Å². The molecule has 0 fully saturated rings. The molecule has 2 heterocycles. The predicted octanol–water partition coefficient (Wildman–Crippen LogP) is 1.44. The number of hydrogen-bond acceptors (Lipinski definition) is 10. The maximum absolute atomic E-state index is 12.5. The summed E-state index contributed by atoms with van der Waals surface area (Å²) in [5.74, 6) is -1.26. The molecule has 1 aromatic rings. The highest BCUT2D eigenvalue weighted by Gasteiger charge is 2.42. The number of rotatable bonds is 6. The summed E-state index contributed by atoms with van der Waals surface area (Å²) in [7, 11) is -7.54. The topological polar surface area (TPSA) is 156 Å². The molecule has 3 rings (SSSR count). The molecule has 0 bridgehead atoms. The van der Waals surface area contributed by atoms with Gasteiger partial charge in [0.25, 0.3) is 5.91 Å². The van der Waals surface area contributed by atoms with E-state index in [-0.39, 0.29) is 45.6 Å². The number of amides is 1. The average molecular weight is 487 g/mol. The van der Waals surface area contributed by atoms with Gasteiger partial charge in [-0.25, -0.2) is 13.3 Å². The number of aliphatic imine (C=N–C) groups is 1. The van der Waals surface area contributed by atoms with Crippen molar-refractivity contribution >= 4 is 60.1 Å². The van der Waals surface area contributed by atoms with Gasteiger partial charge in [-0.05, 0) is 30.7 Å². The Kier molecular flexibility index (Phi) is 6.25. The first-order valence-electron chi connectivity index (χ1n) is 8.84. The van der Waals surface area contributed by atoms with Gasteiger partial charge in [-0.1, -0.05) is 13.0 Å². The van der Waals surface area contributed by atoms with E-state index in [9.17, 15) is 21.6 Å². The number of sulfone groups is 1. The Hall–Kier alpha value is -2.71. The van der Waals surface area contributed by atoms with Gasteiger partial charge in [0.05, 0.1) is 36.1 Å². The summed E-state index contributed by atoms with van der Waals surface area (Å²) in [6, 6.07) is 4.25. The number of nitrogens with one attached hydrogen (secondary N) is 1. The Labute approximate surface area is 183 Å². The third-order valence-electron chi connectivity index (χ3n) is 3.97. The molecule has 1 amide bonds. The van der Waals surface area contributed by atoms with Crippen molar-refractivity contribution in [3.63, 3.8) is 0 Å². The summed E-state index contributed by atoms with van der Waals surface area (Å²) in [4.78, 5) is 17.3. The lowest BCUT2D eigenvalue weighted by atomic mass is 10.1. The highest BCUT2D eigenvalue weighted by atomic mass is 32.2. The molecule has 0 saturated carbocycles. The van der Waals surface area contributed by atoms with Gasteiger partial charge < -0.3 is 8.92 Å². The lowest BCUT2D eigenvalue weighted by Crippen LogP contribution is -2.45. The molecular weight excluding hydrogens is 468 g/mol. The van der Waals surface area contributed by atoms with Crippen LogP contribution in [0, 0.1) is 5.41 Å². The monoisotopic (exact) mass is 486 g/mol. The van der Waals surface area contributed by atoms with E-state index in [1.54, 1.807) is 6.92 Å². The zero-order chi connectivity index (χ0) is 23.0. The molecule has 166 valence electrons. The molecule has 1 aromatic carbocycles. The van der Waals surface area contributed by atoms with E-state index in [1.807, 2.05) is 0 Å². The molecule has 0 unspecified atom stereocenters. The first kappa shape index (κ1) is 23.0. The maximum atomic E-state index is 12.5. The lowest BCUT2D eigenvalue weighted by Gasteiger charge is -2.24. The van der Waals surface area contributed by atoms with Gasteiger partial charge in [0.1, 0.15) is 5.84 Å². The minimum Gasteiger partial charge on any atom is -0.490 e. The van der Waals surface area contributed by atoms with Crippen LogP contribution in [0.2, 0.25) is 0 Å². The van der Waals surface area contributed by atoms with E-state index in [0.717, 1.165) is 11.2 Å². The summed E-state index contributed by atoms with van der Waals surface area (Å²) in [5.41, 5.74) is 0.226. The van der Waals surface area contributed by atoms with Crippen molar-refractivity contribution in [1.29, 1.82) is 5.41 Å². The number of carbonyl (C=O) groups is 1. The van der Waals surface area contributed by atoms with E-state index in [2.05, 4.69) is 9.39 Å². The number of benzene rings is 1. The zero-order valence-corrected chi connectivity index (χ0v) is 19.1. The van der Waals surface area contributed by atoms with Crippen LogP contribution in [0.4, 0.5) is 0 Å². The Bertz CT molecular complexity index is 1260. The van der Waals surface area contributed by atoms with Crippen LogP contribution in [-0.4, -0.2) is 62.4 Å². The molecular formula is C17H18N4O7S3. The third kappa shape index (κ3) is 4.80. The molecule has 0 atom stereocenters. The van der Waals surface area contributed by atoms with Crippen molar-refractivity contribution in [2.24, 2.45) is 9.39 Å². The SMILES string of the molecule is CCOc1cc(/C=C2/C(=N)N3C(=NC2=O)SN=C3S(=O)(=O)CC)ccc1OS(C)(=O)=O.